The molecule has 0 radical (unpaired) electrons. The Morgan fingerprint density at radius 1 is 1.29 bits per heavy atom. The molecule has 112 valence electrons. The fraction of sp³-hybridized carbons (Fsp3) is 0.333. The van der Waals surface area contributed by atoms with Crippen molar-refractivity contribution in [3.05, 3.63) is 45.7 Å². The first-order valence-corrected chi connectivity index (χ1v) is 7.65. The molecule has 21 heavy (non-hydrogen) atoms. The van der Waals surface area contributed by atoms with E-state index in [0.29, 0.717) is 18.3 Å². The van der Waals surface area contributed by atoms with E-state index in [1.165, 1.54) is 0 Å². The van der Waals surface area contributed by atoms with Gasteiger partial charge in [0.2, 0.25) is 5.88 Å². The quantitative estimate of drug-likeness (QED) is 0.617. The van der Waals surface area contributed by atoms with E-state index >= 15 is 0 Å². The Bertz CT molecular complexity index is 619. The lowest BCUT2D eigenvalue weighted by molar-refractivity contribution is 0.289. The van der Waals surface area contributed by atoms with Crippen LogP contribution in [0.5, 0.6) is 5.88 Å². The number of hydrazine groups is 1. The largest absolute Gasteiger partial charge is 0.472 e. The van der Waals surface area contributed by atoms with Crippen molar-refractivity contribution in [1.29, 1.82) is 0 Å². The molecule has 0 spiro atoms. The summed E-state index contributed by atoms with van der Waals surface area (Å²) < 4.78 is 6.87. The number of aryl methyl sites for hydroxylation is 1. The minimum Gasteiger partial charge on any atom is -0.472 e. The van der Waals surface area contributed by atoms with Crippen LogP contribution in [-0.4, -0.2) is 9.97 Å². The highest BCUT2D eigenvalue weighted by atomic mass is 79.9. The van der Waals surface area contributed by atoms with Crippen LogP contribution >= 0.6 is 15.9 Å². The van der Waals surface area contributed by atoms with E-state index < -0.39 is 0 Å². The SMILES string of the molecule is CCCc1nc(NN)c(C)c(OCc2ccccc2Br)n1. The van der Waals surface area contributed by atoms with E-state index in [0.717, 1.165) is 34.3 Å². The minimum absolute atomic E-state index is 0.439. The van der Waals surface area contributed by atoms with E-state index in [2.05, 4.69) is 38.2 Å². The molecule has 0 aliphatic rings. The van der Waals surface area contributed by atoms with Gasteiger partial charge in [-0.1, -0.05) is 41.1 Å². The van der Waals surface area contributed by atoms with E-state index in [9.17, 15) is 0 Å². The highest BCUT2D eigenvalue weighted by Gasteiger charge is 2.12. The zero-order valence-electron chi connectivity index (χ0n) is 12.2. The monoisotopic (exact) mass is 350 g/mol. The van der Waals surface area contributed by atoms with E-state index in [1.807, 2.05) is 31.2 Å². The Morgan fingerprint density at radius 3 is 2.71 bits per heavy atom. The third kappa shape index (κ3) is 3.92. The molecule has 1 aromatic heterocycles. The number of hydrogen-bond acceptors (Lipinski definition) is 5. The smallest absolute Gasteiger partial charge is 0.222 e. The van der Waals surface area contributed by atoms with Gasteiger partial charge in [-0.15, -0.1) is 0 Å². The zero-order chi connectivity index (χ0) is 15.2. The molecule has 1 heterocycles. The molecule has 0 amide bonds. The highest BCUT2D eigenvalue weighted by molar-refractivity contribution is 9.10. The molecule has 0 aliphatic carbocycles. The van der Waals surface area contributed by atoms with E-state index in [-0.39, 0.29) is 0 Å². The van der Waals surface area contributed by atoms with Gasteiger partial charge in [-0.25, -0.2) is 10.8 Å². The number of nitrogens with two attached hydrogens (primary N) is 1. The van der Waals surface area contributed by atoms with Gasteiger partial charge in [0.1, 0.15) is 18.2 Å². The van der Waals surface area contributed by atoms with Crippen LogP contribution in [0.3, 0.4) is 0 Å². The number of ether oxygens (including phenoxy) is 1. The second-order valence-electron chi connectivity index (χ2n) is 4.69. The summed E-state index contributed by atoms with van der Waals surface area (Å²) in [7, 11) is 0. The molecule has 0 unspecified atom stereocenters. The summed E-state index contributed by atoms with van der Waals surface area (Å²) in [5.74, 6) is 7.42. The van der Waals surface area contributed by atoms with Gasteiger partial charge in [0.15, 0.2) is 0 Å². The summed E-state index contributed by atoms with van der Waals surface area (Å²) in [6.45, 7) is 4.41. The van der Waals surface area contributed by atoms with Gasteiger partial charge in [-0.05, 0) is 19.4 Å². The molecule has 0 bridgehead atoms. The second-order valence-corrected chi connectivity index (χ2v) is 5.55. The molecule has 0 saturated heterocycles. The lowest BCUT2D eigenvalue weighted by atomic mass is 10.2. The van der Waals surface area contributed by atoms with Gasteiger partial charge >= 0.3 is 0 Å². The topological polar surface area (TPSA) is 73.1 Å². The Balaban J connectivity index is 2.22. The van der Waals surface area contributed by atoms with Gasteiger partial charge < -0.3 is 10.2 Å². The third-order valence-corrected chi connectivity index (χ3v) is 3.85. The normalized spacial score (nSPS) is 10.5. The van der Waals surface area contributed by atoms with Gasteiger partial charge in [-0.2, -0.15) is 4.98 Å². The number of benzene rings is 1. The first-order valence-electron chi connectivity index (χ1n) is 6.86. The van der Waals surface area contributed by atoms with Gasteiger partial charge in [0, 0.05) is 16.5 Å². The van der Waals surface area contributed by atoms with Crippen LogP contribution in [0.1, 0.15) is 30.3 Å². The van der Waals surface area contributed by atoms with Crippen LogP contribution in [0, 0.1) is 6.92 Å². The molecule has 5 nitrogen and oxygen atoms in total. The Morgan fingerprint density at radius 2 is 2.05 bits per heavy atom. The minimum atomic E-state index is 0.439. The van der Waals surface area contributed by atoms with Crippen LogP contribution < -0.4 is 16.0 Å². The number of nitrogens with zero attached hydrogens (tertiary/aromatic N) is 2. The van der Waals surface area contributed by atoms with Gasteiger partial charge in [0.05, 0.1) is 5.56 Å². The number of halogens is 1. The lowest BCUT2D eigenvalue weighted by Gasteiger charge is -2.13. The first kappa shape index (κ1) is 15.7. The molecule has 2 aromatic rings. The average molecular weight is 351 g/mol. The number of aromatic nitrogens is 2. The summed E-state index contributed by atoms with van der Waals surface area (Å²) in [5, 5.41) is 0. The molecule has 0 aliphatic heterocycles. The maximum absolute atomic E-state index is 5.86. The molecule has 0 saturated carbocycles. The van der Waals surface area contributed by atoms with Crippen LogP contribution in [0.15, 0.2) is 28.7 Å². The van der Waals surface area contributed by atoms with Gasteiger partial charge in [-0.3, -0.25) is 0 Å². The number of nitrogen functional groups attached to an aromatic ring is 1. The fourth-order valence-corrected chi connectivity index (χ4v) is 2.32. The van der Waals surface area contributed by atoms with Crippen LogP contribution in [0.4, 0.5) is 5.82 Å². The Hall–Kier alpha value is -1.66. The van der Waals surface area contributed by atoms with E-state index in [4.69, 9.17) is 10.6 Å². The number of nitrogens with one attached hydrogen (secondary N) is 1. The zero-order valence-corrected chi connectivity index (χ0v) is 13.8. The van der Waals surface area contributed by atoms with Crippen molar-refractivity contribution in [3.8, 4) is 5.88 Å². The molecule has 6 heteroatoms. The van der Waals surface area contributed by atoms with Crippen LogP contribution in [-0.2, 0) is 13.0 Å². The van der Waals surface area contributed by atoms with Gasteiger partial charge in [0.25, 0.3) is 0 Å². The summed E-state index contributed by atoms with van der Waals surface area (Å²) in [5.41, 5.74) is 4.48. The highest BCUT2D eigenvalue weighted by Crippen LogP contribution is 2.24. The molecule has 3 N–H and O–H groups in total. The van der Waals surface area contributed by atoms with Crippen molar-refractivity contribution in [2.45, 2.75) is 33.3 Å². The summed E-state index contributed by atoms with van der Waals surface area (Å²) in [4.78, 5) is 8.85. The molecule has 2 rings (SSSR count). The molecular weight excluding hydrogens is 332 g/mol. The number of anilines is 1. The van der Waals surface area contributed by atoms with E-state index in [1.54, 1.807) is 0 Å². The lowest BCUT2D eigenvalue weighted by Crippen LogP contribution is -2.14. The first-order chi connectivity index (χ1) is 10.2. The molecule has 1 aromatic carbocycles. The molecule has 0 fully saturated rings. The van der Waals surface area contributed by atoms with Crippen molar-refractivity contribution in [2.24, 2.45) is 5.84 Å². The number of hydrogen-bond donors (Lipinski definition) is 2. The summed E-state index contributed by atoms with van der Waals surface area (Å²) in [6, 6.07) is 7.95. The fourth-order valence-electron chi connectivity index (χ4n) is 1.92. The van der Waals surface area contributed by atoms with Crippen molar-refractivity contribution in [1.82, 2.24) is 9.97 Å². The summed E-state index contributed by atoms with van der Waals surface area (Å²) in [6.07, 6.45) is 1.76. The predicted octanol–water partition coefficient (Wildman–Crippen LogP) is 3.36. The van der Waals surface area contributed by atoms with Crippen LogP contribution in [0.2, 0.25) is 0 Å². The summed E-state index contributed by atoms with van der Waals surface area (Å²) >= 11 is 3.51. The standard InChI is InChI=1S/C15H19BrN4O/c1-3-6-13-18-14(20-17)10(2)15(19-13)21-9-11-7-4-5-8-12(11)16/h4-5,7-8H,3,6,9,17H2,1-2H3,(H,18,19,20). The van der Waals surface area contributed by atoms with Crippen molar-refractivity contribution >= 4 is 21.7 Å². The number of rotatable bonds is 6. The Labute approximate surface area is 133 Å². The third-order valence-electron chi connectivity index (χ3n) is 3.08. The maximum atomic E-state index is 5.86. The average Bonchev–Trinajstić information content (AvgIpc) is 2.49. The van der Waals surface area contributed by atoms with Crippen molar-refractivity contribution in [2.75, 3.05) is 5.43 Å². The molecular formula is C15H19BrN4O. The van der Waals surface area contributed by atoms with Crippen LogP contribution in [0.25, 0.3) is 0 Å². The predicted molar refractivity (Wildman–Crippen MR) is 87.0 cm³/mol. The second kappa shape index (κ2) is 7.38. The maximum Gasteiger partial charge on any atom is 0.222 e. The van der Waals surface area contributed by atoms with Crippen molar-refractivity contribution < 1.29 is 4.74 Å². The van der Waals surface area contributed by atoms with Crippen molar-refractivity contribution in [3.63, 3.8) is 0 Å². The molecule has 0 atom stereocenters. The Kier molecular flexibility index (Phi) is 5.52.